The molecule has 104 valence electrons. The van der Waals surface area contributed by atoms with E-state index in [1.807, 2.05) is 55.5 Å². The number of ketones is 1. The van der Waals surface area contributed by atoms with Gasteiger partial charge in [0.2, 0.25) is 5.78 Å². The van der Waals surface area contributed by atoms with Crippen molar-refractivity contribution in [1.29, 1.82) is 0 Å². The summed E-state index contributed by atoms with van der Waals surface area (Å²) in [5.41, 5.74) is 1.91. The highest BCUT2D eigenvalue weighted by Gasteiger charge is 2.19. The Morgan fingerprint density at radius 2 is 1.80 bits per heavy atom. The first-order chi connectivity index (χ1) is 9.74. The second-order valence-corrected chi connectivity index (χ2v) is 4.75. The summed E-state index contributed by atoms with van der Waals surface area (Å²) < 4.78 is 5.87. The van der Waals surface area contributed by atoms with Gasteiger partial charge < -0.3 is 4.74 Å². The third-order valence-corrected chi connectivity index (χ3v) is 3.31. The van der Waals surface area contributed by atoms with Crippen LogP contribution in [0.2, 0.25) is 0 Å². The minimum absolute atomic E-state index is 0.0370. The average molecular weight is 268 g/mol. The zero-order valence-corrected chi connectivity index (χ0v) is 12.0. The normalized spacial score (nSPS) is 11.9. The van der Waals surface area contributed by atoms with Gasteiger partial charge in [-0.3, -0.25) is 4.79 Å². The highest BCUT2D eigenvalue weighted by molar-refractivity contribution is 5.99. The Bertz CT molecular complexity index is 561. The molecule has 2 nitrogen and oxygen atoms in total. The van der Waals surface area contributed by atoms with Crippen LogP contribution in [0, 0.1) is 0 Å². The van der Waals surface area contributed by atoms with E-state index in [4.69, 9.17) is 4.74 Å². The van der Waals surface area contributed by atoms with Gasteiger partial charge in [-0.2, -0.15) is 0 Å². The Hall–Kier alpha value is -2.09. The van der Waals surface area contributed by atoms with Gasteiger partial charge in [0.25, 0.3) is 0 Å². The van der Waals surface area contributed by atoms with Gasteiger partial charge in [0.1, 0.15) is 5.75 Å². The fourth-order valence-electron chi connectivity index (χ4n) is 2.11. The first-order valence-electron chi connectivity index (χ1n) is 7.09. The fraction of sp³-hybridized carbons (Fsp3) is 0.278. The van der Waals surface area contributed by atoms with E-state index in [0.29, 0.717) is 12.0 Å². The number of Topliss-reactive ketones (excluding diaryl/α,β-unsaturated/α-hetero) is 1. The van der Waals surface area contributed by atoms with Crippen LogP contribution in [-0.4, -0.2) is 11.9 Å². The second kappa shape index (κ2) is 6.90. The zero-order valence-electron chi connectivity index (χ0n) is 12.0. The molecule has 2 aromatic rings. The number of hydrogen-bond donors (Lipinski definition) is 0. The predicted octanol–water partition coefficient (Wildman–Crippen LogP) is 4.29. The number of benzene rings is 2. The Balaban J connectivity index is 2.14. The molecule has 20 heavy (non-hydrogen) atoms. The number of rotatable bonds is 6. The summed E-state index contributed by atoms with van der Waals surface area (Å²) in [6, 6.07) is 17.2. The van der Waals surface area contributed by atoms with Crippen LogP contribution < -0.4 is 4.74 Å². The van der Waals surface area contributed by atoms with Crippen molar-refractivity contribution in [2.45, 2.75) is 32.8 Å². The first kappa shape index (κ1) is 14.3. The van der Waals surface area contributed by atoms with Crippen molar-refractivity contribution < 1.29 is 9.53 Å². The fourth-order valence-corrected chi connectivity index (χ4v) is 2.11. The van der Waals surface area contributed by atoms with Crippen LogP contribution in [0.15, 0.2) is 54.6 Å². The lowest BCUT2D eigenvalue weighted by molar-refractivity contribution is 0.0786. The summed E-state index contributed by atoms with van der Waals surface area (Å²) in [4.78, 5) is 12.4. The molecular weight excluding hydrogens is 248 g/mol. The van der Waals surface area contributed by atoms with E-state index in [0.717, 1.165) is 12.2 Å². The van der Waals surface area contributed by atoms with Gasteiger partial charge in [0, 0.05) is 5.56 Å². The van der Waals surface area contributed by atoms with Crippen LogP contribution in [0.25, 0.3) is 0 Å². The first-order valence-corrected chi connectivity index (χ1v) is 7.09. The van der Waals surface area contributed by atoms with E-state index < -0.39 is 6.10 Å². The minimum Gasteiger partial charge on any atom is -0.482 e. The van der Waals surface area contributed by atoms with Gasteiger partial charge in [0.05, 0.1) is 0 Å². The van der Waals surface area contributed by atoms with Crippen molar-refractivity contribution in [2.24, 2.45) is 0 Å². The SMILES string of the molecule is CCc1cccc(OC(CC)C(=O)c2ccccc2)c1. The van der Waals surface area contributed by atoms with Crippen molar-refractivity contribution in [3.05, 3.63) is 65.7 Å². The molecule has 0 aromatic heterocycles. The summed E-state index contributed by atoms with van der Waals surface area (Å²) >= 11 is 0. The zero-order chi connectivity index (χ0) is 14.4. The second-order valence-electron chi connectivity index (χ2n) is 4.75. The van der Waals surface area contributed by atoms with Crippen molar-refractivity contribution in [1.82, 2.24) is 0 Å². The molecule has 2 aromatic carbocycles. The summed E-state index contributed by atoms with van der Waals surface area (Å²) in [5, 5.41) is 0. The summed E-state index contributed by atoms with van der Waals surface area (Å²) in [6.07, 6.45) is 1.19. The van der Waals surface area contributed by atoms with Gasteiger partial charge in [-0.25, -0.2) is 0 Å². The number of hydrogen-bond acceptors (Lipinski definition) is 2. The van der Waals surface area contributed by atoms with E-state index >= 15 is 0 Å². The van der Waals surface area contributed by atoms with E-state index in [1.54, 1.807) is 0 Å². The highest BCUT2D eigenvalue weighted by Crippen LogP contribution is 2.18. The molecule has 1 unspecified atom stereocenters. The molecule has 0 saturated heterocycles. The third kappa shape index (κ3) is 3.47. The lowest BCUT2D eigenvalue weighted by Crippen LogP contribution is -2.26. The van der Waals surface area contributed by atoms with Crippen LogP contribution in [0.3, 0.4) is 0 Å². The van der Waals surface area contributed by atoms with Gasteiger partial charge in [0.15, 0.2) is 6.10 Å². The van der Waals surface area contributed by atoms with E-state index in [1.165, 1.54) is 5.56 Å². The van der Waals surface area contributed by atoms with E-state index in [-0.39, 0.29) is 5.78 Å². The lowest BCUT2D eigenvalue weighted by Gasteiger charge is -2.17. The topological polar surface area (TPSA) is 26.3 Å². The van der Waals surface area contributed by atoms with E-state index in [9.17, 15) is 4.79 Å². The maximum absolute atomic E-state index is 12.4. The average Bonchev–Trinajstić information content (AvgIpc) is 2.53. The van der Waals surface area contributed by atoms with Crippen LogP contribution in [-0.2, 0) is 6.42 Å². The van der Waals surface area contributed by atoms with Gasteiger partial charge in [-0.05, 0) is 30.5 Å². The number of carbonyl (C=O) groups excluding carboxylic acids is 1. The Morgan fingerprint density at radius 3 is 2.45 bits per heavy atom. The summed E-state index contributed by atoms with van der Waals surface area (Å²) in [6.45, 7) is 4.07. The van der Waals surface area contributed by atoms with Crippen molar-refractivity contribution in [3.63, 3.8) is 0 Å². The smallest absolute Gasteiger partial charge is 0.203 e. The molecule has 0 radical (unpaired) electrons. The number of ether oxygens (including phenoxy) is 1. The monoisotopic (exact) mass is 268 g/mol. The number of aryl methyl sites for hydroxylation is 1. The van der Waals surface area contributed by atoms with Crippen LogP contribution in [0.1, 0.15) is 36.2 Å². The molecule has 0 aliphatic carbocycles. The molecule has 2 heteroatoms. The van der Waals surface area contributed by atoms with Crippen LogP contribution in [0.4, 0.5) is 0 Å². The van der Waals surface area contributed by atoms with Crippen molar-refractivity contribution >= 4 is 5.78 Å². The maximum Gasteiger partial charge on any atom is 0.203 e. The lowest BCUT2D eigenvalue weighted by atomic mass is 10.0. The highest BCUT2D eigenvalue weighted by atomic mass is 16.5. The Morgan fingerprint density at radius 1 is 1.05 bits per heavy atom. The molecule has 0 saturated carbocycles. The van der Waals surface area contributed by atoms with E-state index in [2.05, 4.69) is 13.0 Å². The van der Waals surface area contributed by atoms with Gasteiger partial charge in [-0.15, -0.1) is 0 Å². The molecule has 0 bridgehead atoms. The molecule has 0 fully saturated rings. The Kier molecular flexibility index (Phi) is 4.94. The van der Waals surface area contributed by atoms with Crippen LogP contribution in [0.5, 0.6) is 5.75 Å². The molecule has 0 spiro atoms. The molecule has 2 rings (SSSR count). The van der Waals surface area contributed by atoms with Crippen molar-refractivity contribution in [3.8, 4) is 5.75 Å². The summed E-state index contributed by atoms with van der Waals surface area (Å²) in [7, 11) is 0. The van der Waals surface area contributed by atoms with Gasteiger partial charge in [-0.1, -0.05) is 56.3 Å². The molecule has 0 aliphatic heterocycles. The third-order valence-electron chi connectivity index (χ3n) is 3.31. The van der Waals surface area contributed by atoms with Gasteiger partial charge >= 0.3 is 0 Å². The maximum atomic E-state index is 12.4. The molecule has 0 amide bonds. The molecule has 1 atom stereocenters. The molecular formula is C18H20O2. The quantitative estimate of drug-likeness (QED) is 0.730. The Labute approximate surface area is 120 Å². The minimum atomic E-state index is -0.426. The van der Waals surface area contributed by atoms with Crippen molar-refractivity contribution in [2.75, 3.05) is 0 Å². The number of carbonyl (C=O) groups is 1. The molecule has 0 heterocycles. The summed E-state index contributed by atoms with van der Waals surface area (Å²) in [5.74, 6) is 0.801. The standard InChI is InChI=1S/C18H20O2/c1-3-14-9-8-12-16(13-14)20-17(4-2)18(19)15-10-6-5-7-11-15/h5-13,17H,3-4H2,1-2H3. The predicted molar refractivity (Wildman–Crippen MR) is 81.3 cm³/mol. The van der Waals surface area contributed by atoms with Crippen LogP contribution >= 0.6 is 0 Å². The molecule has 0 N–H and O–H groups in total. The molecule has 0 aliphatic rings. The largest absolute Gasteiger partial charge is 0.482 e.